The number of hydrogen-bond donors (Lipinski definition) is 1. The van der Waals surface area contributed by atoms with Crippen molar-refractivity contribution in [3.63, 3.8) is 0 Å². The summed E-state index contributed by atoms with van der Waals surface area (Å²) in [4.78, 5) is 24.2. The number of carbonyl (C=O) groups is 1. The van der Waals surface area contributed by atoms with E-state index in [9.17, 15) is 9.18 Å². The summed E-state index contributed by atoms with van der Waals surface area (Å²) in [5.74, 6) is 0.994. The van der Waals surface area contributed by atoms with E-state index in [0.29, 0.717) is 30.9 Å². The molecule has 8 heteroatoms. The maximum Gasteiger partial charge on any atom is 0.227 e. The molecule has 1 aromatic heterocycles. The minimum atomic E-state index is -0.427. The highest BCUT2D eigenvalue weighted by atomic mass is 19.1. The Kier molecular flexibility index (Phi) is 5.74. The van der Waals surface area contributed by atoms with Gasteiger partial charge in [0, 0.05) is 33.1 Å². The minimum absolute atomic E-state index is 0.0522. The van der Waals surface area contributed by atoms with Gasteiger partial charge in [0.1, 0.15) is 11.9 Å². The van der Waals surface area contributed by atoms with Crippen LogP contribution in [-0.2, 0) is 4.79 Å². The van der Waals surface area contributed by atoms with E-state index in [1.54, 1.807) is 4.90 Å². The molecule has 0 radical (unpaired) electrons. The molecule has 1 aliphatic carbocycles. The average Bonchev–Trinajstić information content (AvgIpc) is 3.43. The summed E-state index contributed by atoms with van der Waals surface area (Å²) >= 11 is 0. The third-order valence-electron chi connectivity index (χ3n) is 5.56. The molecule has 1 saturated carbocycles. The number of ether oxygens (including phenoxy) is 1. The molecule has 1 aromatic carbocycles. The van der Waals surface area contributed by atoms with Gasteiger partial charge in [0.2, 0.25) is 11.9 Å². The molecule has 4 rings (SSSR count). The van der Waals surface area contributed by atoms with E-state index in [4.69, 9.17) is 4.74 Å². The van der Waals surface area contributed by atoms with Gasteiger partial charge in [0.25, 0.3) is 0 Å². The number of aromatic nitrogens is 2. The molecular weight excluding hydrogens is 385 g/mol. The fourth-order valence-corrected chi connectivity index (χ4v) is 3.54. The lowest BCUT2D eigenvalue weighted by Gasteiger charge is -2.20. The maximum atomic E-state index is 14.2. The molecule has 1 unspecified atom stereocenters. The zero-order chi connectivity index (χ0) is 21.3. The molecule has 1 N–H and O–H groups in total. The summed E-state index contributed by atoms with van der Waals surface area (Å²) in [7, 11) is 3.65. The molecule has 2 aromatic rings. The number of benzene rings is 1. The zero-order valence-electron chi connectivity index (χ0n) is 17.6. The minimum Gasteiger partial charge on any atom is -0.489 e. The van der Waals surface area contributed by atoms with Crippen molar-refractivity contribution in [3.05, 3.63) is 41.8 Å². The van der Waals surface area contributed by atoms with Crippen LogP contribution < -0.4 is 19.9 Å². The van der Waals surface area contributed by atoms with Gasteiger partial charge < -0.3 is 19.9 Å². The number of anilines is 2. The number of amides is 1. The first kappa shape index (κ1) is 20.4. The number of hydrogen-bond acceptors (Lipinski definition) is 6. The second-order valence-corrected chi connectivity index (χ2v) is 8.28. The molecule has 30 heavy (non-hydrogen) atoms. The van der Waals surface area contributed by atoms with E-state index >= 15 is 0 Å². The summed E-state index contributed by atoms with van der Waals surface area (Å²) in [5, 5.41) is 3.04. The van der Waals surface area contributed by atoms with Crippen molar-refractivity contribution >= 4 is 17.7 Å². The zero-order valence-corrected chi connectivity index (χ0v) is 17.6. The highest BCUT2D eigenvalue weighted by Crippen LogP contribution is 2.27. The maximum absolute atomic E-state index is 14.2. The van der Waals surface area contributed by atoms with Gasteiger partial charge in [-0.3, -0.25) is 4.79 Å². The van der Waals surface area contributed by atoms with Crippen LogP contribution in [-0.4, -0.2) is 55.2 Å². The molecule has 2 fully saturated rings. The molecular formula is C22H28FN5O2. The van der Waals surface area contributed by atoms with Gasteiger partial charge in [-0.25, -0.2) is 9.37 Å². The van der Waals surface area contributed by atoms with E-state index in [1.165, 1.54) is 6.20 Å². The first-order valence-corrected chi connectivity index (χ1v) is 10.4. The predicted octanol–water partition coefficient (Wildman–Crippen LogP) is 2.72. The lowest BCUT2D eigenvalue weighted by atomic mass is 10.0. The van der Waals surface area contributed by atoms with Crippen LogP contribution in [0.15, 0.2) is 30.5 Å². The first-order chi connectivity index (χ1) is 14.4. The van der Waals surface area contributed by atoms with Crippen LogP contribution in [0.5, 0.6) is 5.75 Å². The number of carbonyl (C=O) groups excluding carboxylic acids is 1. The summed E-state index contributed by atoms with van der Waals surface area (Å²) < 4.78 is 20.3. The van der Waals surface area contributed by atoms with E-state index in [2.05, 4.69) is 15.3 Å². The Bertz CT molecular complexity index is 901. The smallest absolute Gasteiger partial charge is 0.227 e. The van der Waals surface area contributed by atoms with Crippen molar-refractivity contribution in [1.29, 1.82) is 0 Å². The molecule has 1 aliphatic heterocycles. The highest BCUT2D eigenvalue weighted by molar-refractivity contribution is 5.83. The van der Waals surface area contributed by atoms with Crippen LogP contribution in [0.1, 0.15) is 37.7 Å². The fraction of sp³-hybridized carbons (Fsp3) is 0.500. The second kappa shape index (κ2) is 8.45. The third kappa shape index (κ3) is 4.63. The molecule has 2 heterocycles. The average molecular weight is 413 g/mol. The van der Waals surface area contributed by atoms with E-state index in [0.717, 1.165) is 30.6 Å². The van der Waals surface area contributed by atoms with Crippen LogP contribution >= 0.6 is 0 Å². The summed E-state index contributed by atoms with van der Waals surface area (Å²) in [6, 6.07) is 8.03. The topological polar surface area (TPSA) is 70.6 Å². The van der Waals surface area contributed by atoms with Crippen molar-refractivity contribution < 1.29 is 13.9 Å². The van der Waals surface area contributed by atoms with Crippen LogP contribution in [0.25, 0.3) is 0 Å². The Balaban J connectivity index is 1.35. The summed E-state index contributed by atoms with van der Waals surface area (Å²) in [6.07, 6.45) is 4.11. The van der Waals surface area contributed by atoms with E-state index < -0.39 is 5.82 Å². The Morgan fingerprint density at radius 3 is 2.67 bits per heavy atom. The second-order valence-electron chi connectivity index (χ2n) is 8.28. The van der Waals surface area contributed by atoms with Gasteiger partial charge in [-0.1, -0.05) is 12.1 Å². The quantitative estimate of drug-likeness (QED) is 0.753. The van der Waals surface area contributed by atoms with Crippen LogP contribution in [0.2, 0.25) is 0 Å². The highest BCUT2D eigenvalue weighted by Gasteiger charge is 2.28. The van der Waals surface area contributed by atoms with Crippen molar-refractivity contribution in [2.45, 2.75) is 44.2 Å². The van der Waals surface area contributed by atoms with Gasteiger partial charge >= 0.3 is 0 Å². The lowest BCUT2D eigenvalue weighted by Crippen LogP contribution is -2.29. The standard InChI is InChI=1S/C22H28FN5O2/c1-14(21(29)25-16-6-7-16)15-4-8-17(9-5-15)30-18-10-11-28(13-18)20-19(23)12-24-22(26-20)27(2)3/h4-5,8-9,12,14,16,18H,6-7,10-11,13H2,1-3H3,(H,25,29)/t14?,18-/m1/s1. The Labute approximate surface area is 176 Å². The monoisotopic (exact) mass is 413 g/mol. The Morgan fingerprint density at radius 1 is 1.27 bits per heavy atom. The normalized spacial score (nSPS) is 19.5. The van der Waals surface area contributed by atoms with Crippen molar-refractivity contribution in [1.82, 2.24) is 15.3 Å². The molecule has 0 spiro atoms. The molecule has 1 amide bonds. The van der Waals surface area contributed by atoms with Gasteiger partial charge in [-0.05, 0) is 37.5 Å². The van der Waals surface area contributed by atoms with E-state index in [-0.39, 0.29) is 17.9 Å². The third-order valence-corrected chi connectivity index (χ3v) is 5.56. The number of rotatable bonds is 7. The molecule has 2 atom stereocenters. The van der Waals surface area contributed by atoms with E-state index in [1.807, 2.05) is 50.2 Å². The first-order valence-electron chi connectivity index (χ1n) is 10.4. The SMILES string of the molecule is CC(C(=O)NC1CC1)c1ccc(O[C@@H]2CCN(c3nc(N(C)C)ncc3F)C2)cc1. The van der Waals surface area contributed by atoms with Crippen molar-refractivity contribution in [2.24, 2.45) is 0 Å². The number of nitrogens with one attached hydrogen (secondary N) is 1. The lowest BCUT2D eigenvalue weighted by molar-refractivity contribution is -0.122. The van der Waals surface area contributed by atoms with Crippen molar-refractivity contribution in [3.8, 4) is 5.75 Å². The van der Waals surface area contributed by atoms with Crippen molar-refractivity contribution in [2.75, 3.05) is 37.0 Å². The largest absolute Gasteiger partial charge is 0.489 e. The molecule has 160 valence electrons. The molecule has 2 aliphatic rings. The van der Waals surface area contributed by atoms with Crippen LogP contribution in [0.4, 0.5) is 16.2 Å². The molecule has 7 nitrogen and oxygen atoms in total. The summed E-state index contributed by atoms with van der Waals surface area (Å²) in [6.45, 7) is 3.14. The van der Waals surface area contributed by atoms with Crippen LogP contribution in [0, 0.1) is 5.82 Å². The number of halogens is 1. The molecule has 0 bridgehead atoms. The predicted molar refractivity (Wildman–Crippen MR) is 114 cm³/mol. The van der Waals surface area contributed by atoms with Gasteiger partial charge in [0.05, 0.1) is 18.7 Å². The fourth-order valence-electron chi connectivity index (χ4n) is 3.54. The van der Waals surface area contributed by atoms with Gasteiger partial charge in [-0.15, -0.1) is 0 Å². The summed E-state index contributed by atoms with van der Waals surface area (Å²) in [5.41, 5.74) is 0.966. The van der Waals surface area contributed by atoms with Crippen LogP contribution in [0.3, 0.4) is 0 Å². The number of nitrogens with zero attached hydrogens (tertiary/aromatic N) is 4. The molecule has 1 saturated heterocycles. The van der Waals surface area contributed by atoms with Gasteiger partial charge in [0.15, 0.2) is 11.6 Å². The Hall–Kier alpha value is -2.90. The van der Waals surface area contributed by atoms with Gasteiger partial charge in [-0.2, -0.15) is 4.98 Å². The Morgan fingerprint density at radius 2 is 2.00 bits per heavy atom.